The molecule has 0 radical (unpaired) electrons. The van der Waals surface area contributed by atoms with Crippen LogP contribution in [0, 0.1) is 0 Å². The lowest BCUT2D eigenvalue weighted by Crippen LogP contribution is -2.12. The van der Waals surface area contributed by atoms with E-state index in [1.165, 1.54) is 0 Å². The molecule has 0 aliphatic carbocycles. The van der Waals surface area contributed by atoms with E-state index in [0.717, 1.165) is 16.9 Å². The zero-order valence-corrected chi connectivity index (χ0v) is 10.4. The third kappa shape index (κ3) is 2.32. The number of carbonyl (C=O) groups excluding carboxylic acids is 1. The quantitative estimate of drug-likeness (QED) is 0.893. The first-order valence-electron chi connectivity index (χ1n) is 5.62. The van der Waals surface area contributed by atoms with Crippen LogP contribution in [0.2, 0.25) is 0 Å². The predicted molar refractivity (Wildman–Crippen MR) is 72.5 cm³/mol. The van der Waals surface area contributed by atoms with Gasteiger partial charge in [0.25, 0.3) is 0 Å². The maximum absolute atomic E-state index is 11.0. The molecule has 0 unspecified atom stereocenters. The van der Waals surface area contributed by atoms with Gasteiger partial charge in [0.2, 0.25) is 5.91 Å². The standard InChI is InChI=1S/C14H15N3O/c1-17(2)14-12(4-3-9-16-14)10-5-7-11(8-6-10)13(15)18/h3-9H,1-2H3,(H2,15,18). The van der Waals surface area contributed by atoms with Gasteiger partial charge in [0.1, 0.15) is 5.82 Å². The molecule has 1 heterocycles. The zero-order valence-electron chi connectivity index (χ0n) is 10.4. The van der Waals surface area contributed by atoms with Gasteiger partial charge in [-0.05, 0) is 29.8 Å². The number of anilines is 1. The van der Waals surface area contributed by atoms with Gasteiger partial charge < -0.3 is 10.6 Å². The van der Waals surface area contributed by atoms with Gasteiger partial charge in [0.05, 0.1) is 0 Å². The van der Waals surface area contributed by atoms with Gasteiger partial charge in [-0.3, -0.25) is 4.79 Å². The van der Waals surface area contributed by atoms with Gasteiger partial charge in [-0.1, -0.05) is 12.1 Å². The summed E-state index contributed by atoms with van der Waals surface area (Å²) in [7, 11) is 3.90. The first-order chi connectivity index (χ1) is 8.59. The highest BCUT2D eigenvalue weighted by Gasteiger charge is 2.08. The molecule has 0 bridgehead atoms. The molecule has 1 aromatic heterocycles. The van der Waals surface area contributed by atoms with Crippen LogP contribution in [0.5, 0.6) is 0 Å². The second-order valence-corrected chi connectivity index (χ2v) is 4.21. The monoisotopic (exact) mass is 241 g/mol. The Kier molecular flexibility index (Phi) is 3.28. The fraction of sp³-hybridized carbons (Fsp3) is 0.143. The van der Waals surface area contributed by atoms with Crippen molar-refractivity contribution in [3.8, 4) is 11.1 Å². The molecular weight excluding hydrogens is 226 g/mol. The minimum absolute atomic E-state index is 0.416. The molecule has 0 fully saturated rings. The van der Waals surface area contributed by atoms with Gasteiger partial charge in [0, 0.05) is 31.4 Å². The van der Waals surface area contributed by atoms with E-state index >= 15 is 0 Å². The number of aromatic nitrogens is 1. The van der Waals surface area contributed by atoms with Gasteiger partial charge in [-0.15, -0.1) is 0 Å². The van der Waals surface area contributed by atoms with E-state index < -0.39 is 5.91 Å². The van der Waals surface area contributed by atoms with Crippen LogP contribution in [0.15, 0.2) is 42.6 Å². The summed E-state index contributed by atoms with van der Waals surface area (Å²) in [5.41, 5.74) is 7.77. The molecule has 2 aromatic rings. The third-order valence-corrected chi connectivity index (χ3v) is 2.69. The number of amides is 1. The zero-order chi connectivity index (χ0) is 13.1. The SMILES string of the molecule is CN(C)c1ncccc1-c1ccc(C(N)=O)cc1. The summed E-state index contributed by atoms with van der Waals surface area (Å²) >= 11 is 0. The van der Waals surface area contributed by atoms with Crippen LogP contribution in [0.1, 0.15) is 10.4 Å². The number of benzene rings is 1. The number of primary amides is 1. The van der Waals surface area contributed by atoms with Crippen molar-refractivity contribution in [2.45, 2.75) is 0 Å². The first kappa shape index (κ1) is 12.1. The van der Waals surface area contributed by atoms with Crippen molar-refractivity contribution in [3.63, 3.8) is 0 Å². The minimum Gasteiger partial charge on any atom is -0.366 e. The molecule has 0 saturated carbocycles. The lowest BCUT2D eigenvalue weighted by atomic mass is 10.0. The van der Waals surface area contributed by atoms with E-state index in [4.69, 9.17) is 5.73 Å². The van der Waals surface area contributed by atoms with Crippen molar-refractivity contribution in [1.82, 2.24) is 4.98 Å². The second kappa shape index (κ2) is 4.87. The smallest absolute Gasteiger partial charge is 0.248 e. The molecule has 0 saturated heterocycles. The van der Waals surface area contributed by atoms with Gasteiger partial charge in [-0.2, -0.15) is 0 Å². The minimum atomic E-state index is -0.416. The number of hydrogen-bond donors (Lipinski definition) is 1. The number of carbonyl (C=O) groups is 1. The van der Waals surface area contributed by atoms with E-state index in [9.17, 15) is 4.79 Å². The molecule has 18 heavy (non-hydrogen) atoms. The van der Waals surface area contributed by atoms with Crippen molar-refractivity contribution in [2.75, 3.05) is 19.0 Å². The van der Waals surface area contributed by atoms with E-state index in [1.54, 1.807) is 18.3 Å². The highest BCUT2D eigenvalue weighted by atomic mass is 16.1. The summed E-state index contributed by atoms with van der Waals surface area (Å²) in [6.07, 6.45) is 1.76. The Morgan fingerprint density at radius 1 is 1.17 bits per heavy atom. The van der Waals surface area contributed by atoms with Crippen LogP contribution in [-0.4, -0.2) is 25.0 Å². The molecule has 1 amide bonds. The van der Waals surface area contributed by atoms with Crippen molar-refractivity contribution in [2.24, 2.45) is 5.73 Å². The second-order valence-electron chi connectivity index (χ2n) is 4.21. The van der Waals surface area contributed by atoms with Crippen LogP contribution < -0.4 is 10.6 Å². The molecule has 2 N–H and O–H groups in total. The highest BCUT2D eigenvalue weighted by molar-refractivity contribution is 5.93. The number of pyridine rings is 1. The van der Waals surface area contributed by atoms with Gasteiger partial charge in [-0.25, -0.2) is 4.98 Å². The van der Waals surface area contributed by atoms with Crippen LogP contribution in [0.25, 0.3) is 11.1 Å². The summed E-state index contributed by atoms with van der Waals surface area (Å²) in [5.74, 6) is 0.477. The Bertz CT molecular complexity index is 562. The summed E-state index contributed by atoms with van der Waals surface area (Å²) < 4.78 is 0. The molecule has 4 heteroatoms. The Morgan fingerprint density at radius 2 is 1.83 bits per heavy atom. The van der Waals surface area contributed by atoms with Crippen LogP contribution in [-0.2, 0) is 0 Å². The molecule has 0 aliphatic heterocycles. The molecule has 0 spiro atoms. The summed E-state index contributed by atoms with van der Waals surface area (Å²) in [6.45, 7) is 0. The Morgan fingerprint density at radius 3 is 2.39 bits per heavy atom. The highest BCUT2D eigenvalue weighted by Crippen LogP contribution is 2.27. The molecule has 4 nitrogen and oxygen atoms in total. The van der Waals surface area contributed by atoms with Crippen molar-refractivity contribution >= 4 is 11.7 Å². The molecular formula is C14H15N3O. The van der Waals surface area contributed by atoms with Crippen LogP contribution in [0.4, 0.5) is 5.82 Å². The van der Waals surface area contributed by atoms with Crippen LogP contribution in [0.3, 0.4) is 0 Å². The van der Waals surface area contributed by atoms with Crippen molar-refractivity contribution < 1.29 is 4.79 Å². The molecule has 0 aliphatic rings. The summed E-state index contributed by atoms with van der Waals surface area (Å²) in [6, 6.07) is 11.1. The lowest BCUT2D eigenvalue weighted by Gasteiger charge is -2.15. The summed E-state index contributed by atoms with van der Waals surface area (Å²) in [5, 5.41) is 0. The average Bonchev–Trinajstić information content (AvgIpc) is 2.39. The summed E-state index contributed by atoms with van der Waals surface area (Å²) in [4.78, 5) is 17.3. The van der Waals surface area contributed by atoms with Gasteiger partial charge in [0.15, 0.2) is 0 Å². The first-order valence-corrected chi connectivity index (χ1v) is 5.62. The number of hydrogen-bond acceptors (Lipinski definition) is 3. The Labute approximate surface area is 106 Å². The topological polar surface area (TPSA) is 59.2 Å². The maximum Gasteiger partial charge on any atom is 0.248 e. The van der Waals surface area contributed by atoms with Gasteiger partial charge >= 0.3 is 0 Å². The van der Waals surface area contributed by atoms with E-state index in [0.29, 0.717) is 5.56 Å². The predicted octanol–water partition coefficient (Wildman–Crippen LogP) is 1.91. The van der Waals surface area contributed by atoms with Crippen LogP contribution >= 0.6 is 0 Å². The molecule has 92 valence electrons. The van der Waals surface area contributed by atoms with Crippen molar-refractivity contribution in [3.05, 3.63) is 48.2 Å². The van der Waals surface area contributed by atoms with E-state index in [-0.39, 0.29) is 0 Å². The van der Waals surface area contributed by atoms with Crippen molar-refractivity contribution in [1.29, 1.82) is 0 Å². The fourth-order valence-corrected chi connectivity index (χ4v) is 1.79. The fourth-order valence-electron chi connectivity index (χ4n) is 1.79. The van der Waals surface area contributed by atoms with E-state index in [2.05, 4.69) is 4.98 Å². The maximum atomic E-state index is 11.0. The largest absolute Gasteiger partial charge is 0.366 e. The number of rotatable bonds is 3. The molecule has 0 atom stereocenters. The molecule has 2 rings (SSSR count). The third-order valence-electron chi connectivity index (χ3n) is 2.69. The van der Waals surface area contributed by atoms with E-state index in [1.807, 2.05) is 43.3 Å². The Balaban J connectivity index is 2.46. The average molecular weight is 241 g/mol. The lowest BCUT2D eigenvalue weighted by molar-refractivity contribution is 0.100. The number of nitrogens with two attached hydrogens (primary N) is 1. The Hall–Kier alpha value is -2.36. The molecule has 1 aromatic carbocycles. The normalized spacial score (nSPS) is 10.1. The number of nitrogens with zero attached hydrogens (tertiary/aromatic N) is 2.